The SMILES string of the molecule is Cc1c(Cl)nc2ncnn2c1NC1(CO)CC1. The van der Waals surface area contributed by atoms with Crippen molar-refractivity contribution in [2.24, 2.45) is 0 Å². The minimum absolute atomic E-state index is 0.0998. The zero-order chi connectivity index (χ0) is 12.0. The molecule has 0 aromatic carbocycles. The molecule has 90 valence electrons. The number of rotatable bonds is 3. The number of aromatic nitrogens is 4. The molecule has 2 heterocycles. The zero-order valence-corrected chi connectivity index (χ0v) is 10.1. The van der Waals surface area contributed by atoms with Crippen molar-refractivity contribution >= 4 is 23.2 Å². The van der Waals surface area contributed by atoms with Gasteiger partial charge in [0, 0.05) is 5.56 Å². The molecule has 0 spiro atoms. The van der Waals surface area contributed by atoms with Crippen molar-refractivity contribution in [3.05, 3.63) is 17.0 Å². The molecule has 6 nitrogen and oxygen atoms in total. The summed E-state index contributed by atoms with van der Waals surface area (Å²) in [5, 5.41) is 17.2. The van der Waals surface area contributed by atoms with E-state index >= 15 is 0 Å². The summed E-state index contributed by atoms with van der Waals surface area (Å²) >= 11 is 6.05. The van der Waals surface area contributed by atoms with E-state index in [2.05, 4.69) is 20.4 Å². The fraction of sp³-hybridized carbons (Fsp3) is 0.500. The fourth-order valence-corrected chi connectivity index (χ4v) is 1.93. The lowest BCUT2D eigenvalue weighted by molar-refractivity contribution is 0.265. The largest absolute Gasteiger partial charge is 0.394 e. The van der Waals surface area contributed by atoms with Gasteiger partial charge >= 0.3 is 0 Å². The van der Waals surface area contributed by atoms with E-state index in [0.29, 0.717) is 10.9 Å². The second-order valence-corrected chi connectivity index (χ2v) is 4.77. The normalized spacial score (nSPS) is 17.4. The van der Waals surface area contributed by atoms with E-state index in [1.807, 2.05) is 6.92 Å². The predicted molar refractivity (Wildman–Crippen MR) is 63.2 cm³/mol. The minimum Gasteiger partial charge on any atom is -0.394 e. The van der Waals surface area contributed by atoms with Crippen molar-refractivity contribution in [1.29, 1.82) is 0 Å². The Morgan fingerprint density at radius 2 is 2.35 bits per heavy atom. The molecule has 0 atom stereocenters. The van der Waals surface area contributed by atoms with Crippen molar-refractivity contribution in [3.63, 3.8) is 0 Å². The van der Waals surface area contributed by atoms with Crippen LogP contribution in [0.5, 0.6) is 0 Å². The molecule has 1 fully saturated rings. The van der Waals surface area contributed by atoms with Gasteiger partial charge in [0.2, 0.25) is 0 Å². The maximum Gasteiger partial charge on any atom is 0.255 e. The third kappa shape index (κ3) is 1.64. The second kappa shape index (κ2) is 3.54. The molecule has 1 aliphatic carbocycles. The topological polar surface area (TPSA) is 75.3 Å². The first-order chi connectivity index (χ1) is 8.15. The second-order valence-electron chi connectivity index (χ2n) is 4.41. The number of aliphatic hydroxyl groups is 1. The Kier molecular flexibility index (Phi) is 2.24. The number of fused-ring (bicyclic) bond motifs is 1. The summed E-state index contributed by atoms with van der Waals surface area (Å²) in [5.74, 6) is 1.21. The van der Waals surface area contributed by atoms with Gasteiger partial charge < -0.3 is 10.4 Å². The summed E-state index contributed by atoms with van der Waals surface area (Å²) < 4.78 is 1.61. The Morgan fingerprint density at radius 3 is 3.00 bits per heavy atom. The van der Waals surface area contributed by atoms with Crippen LogP contribution >= 0.6 is 11.6 Å². The van der Waals surface area contributed by atoms with Gasteiger partial charge in [0.15, 0.2) is 0 Å². The van der Waals surface area contributed by atoms with Gasteiger partial charge in [-0.2, -0.15) is 19.6 Å². The smallest absolute Gasteiger partial charge is 0.255 e. The standard InChI is InChI=1S/C10H12ClN5O/c1-6-7(11)14-9-12-5-13-16(9)8(6)15-10(4-17)2-3-10/h5,15,17H,2-4H2,1H3. The van der Waals surface area contributed by atoms with Gasteiger partial charge in [-0.25, -0.2) is 0 Å². The van der Waals surface area contributed by atoms with Gasteiger partial charge in [0.25, 0.3) is 5.78 Å². The van der Waals surface area contributed by atoms with Gasteiger partial charge in [0.05, 0.1) is 12.1 Å². The van der Waals surface area contributed by atoms with E-state index < -0.39 is 0 Å². The highest BCUT2D eigenvalue weighted by atomic mass is 35.5. The molecule has 0 saturated heterocycles. The van der Waals surface area contributed by atoms with Crippen LogP contribution in [0.3, 0.4) is 0 Å². The first-order valence-corrected chi connectivity index (χ1v) is 5.78. The molecular formula is C10H12ClN5O. The lowest BCUT2D eigenvalue weighted by atomic mass is 10.2. The molecule has 3 rings (SSSR count). The monoisotopic (exact) mass is 253 g/mol. The molecule has 0 aliphatic heterocycles. The maximum absolute atomic E-state index is 9.34. The predicted octanol–water partition coefficient (Wildman–Crippen LogP) is 1.02. The van der Waals surface area contributed by atoms with Gasteiger partial charge in [-0.1, -0.05) is 11.6 Å². The summed E-state index contributed by atoms with van der Waals surface area (Å²) in [7, 11) is 0. The van der Waals surface area contributed by atoms with Crippen LogP contribution in [0.2, 0.25) is 5.15 Å². The molecule has 2 N–H and O–H groups in total. The molecule has 0 unspecified atom stereocenters. The molecule has 0 bridgehead atoms. The molecule has 0 radical (unpaired) electrons. The summed E-state index contributed by atoms with van der Waals surface area (Å²) in [4.78, 5) is 8.14. The van der Waals surface area contributed by atoms with Crippen LogP contribution in [-0.4, -0.2) is 36.8 Å². The summed E-state index contributed by atoms with van der Waals surface area (Å²) in [6.07, 6.45) is 3.32. The Balaban J connectivity index is 2.13. The number of hydrogen-bond acceptors (Lipinski definition) is 5. The van der Waals surface area contributed by atoms with E-state index in [9.17, 15) is 5.11 Å². The summed E-state index contributed by atoms with van der Waals surface area (Å²) in [5.41, 5.74) is 0.582. The quantitative estimate of drug-likeness (QED) is 0.799. The lowest BCUT2D eigenvalue weighted by Gasteiger charge is -2.18. The third-order valence-electron chi connectivity index (χ3n) is 3.14. The van der Waals surface area contributed by atoms with Crippen LogP contribution in [0, 0.1) is 6.92 Å². The highest BCUT2D eigenvalue weighted by molar-refractivity contribution is 6.30. The van der Waals surface area contributed by atoms with Crippen LogP contribution in [0.25, 0.3) is 5.78 Å². The van der Waals surface area contributed by atoms with Gasteiger partial charge in [-0.15, -0.1) is 0 Å². The van der Waals surface area contributed by atoms with Crippen LogP contribution in [0.15, 0.2) is 6.33 Å². The number of halogens is 1. The number of anilines is 1. The molecular weight excluding hydrogens is 242 g/mol. The van der Waals surface area contributed by atoms with Crippen molar-refractivity contribution in [2.45, 2.75) is 25.3 Å². The zero-order valence-electron chi connectivity index (χ0n) is 9.31. The van der Waals surface area contributed by atoms with E-state index in [4.69, 9.17) is 11.6 Å². The van der Waals surface area contributed by atoms with E-state index in [0.717, 1.165) is 24.2 Å². The molecule has 2 aromatic rings. The van der Waals surface area contributed by atoms with Crippen LogP contribution in [-0.2, 0) is 0 Å². The number of aliphatic hydroxyl groups excluding tert-OH is 1. The number of nitrogens with zero attached hydrogens (tertiary/aromatic N) is 4. The Labute approximate surface area is 103 Å². The van der Waals surface area contributed by atoms with Gasteiger partial charge in [-0.05, 0) is 19.8 Å². The first kappa shape index (κ1) is 10.7. The Morgan fingerprint density at radius 1 is 1.59 bits per heavy atom. The fourth-order valence-electron chi connectivity index (χ4n) is 1.77. The van der Waals surface area contributed by atoms with Gasteiger partial charge in [-0.3, -0.25) is 0 Å². The van der Waals surface area contributed by atoms with Crippen LogP contribution < -0.4 is 5.32 Å². The highest BCUT2D eigenvalue weighted by Gasteiger charge is 2.43. The molecule has 1 saturated carbocycles. The average Bonchev–Trinajstić information content (AvgIpc) is 2.96. The minimum atomic E-state index is -0.228. The molecule has 17 heavy (non-hydrogen) atoms. The molecule has 1 aliphatic rings. The van der Waals surface area contributed by atoms with Crippen LogP contribution in [0.1, 0.15) is 18.4 Å². The maximum atomic E-state index is 9.34. The van der Waals surface area contributed by atoms with Crippen LogP contribution in [0.4, 0.5) is 5.82 Å². The molecule has 7 heteroatoms. The lowest BCUT2D eigenvalue weighted by Crippen LogP contribution is -2.27. The Hall–Kier alpha value is -1.40. The highest BCUT2D eigenvalue weighted by Crippen LogP contribution is 2.39. The van der Waals surface area contributed by atoms with E-state index in [1.54, 1.807) is 4.52 Å². The van der Waals surface area contributed by atoms with E-state index in [1.165, 1.54) is 6.33 Å². The van der Waals surface area contributed by atoms with Crippen molar-refractivity contribution in [2.75, 3.05) is 11.9 Å². The first-order valence-electron chi connectivity index (χ1n) is 5.40. The summed E-state index contributed by atoms with van der Waals surface area (Å²) in [6, 6.07) is 0. The van der Waals surface area contributed by atoms with E-state index in [-0.39, 0.29) is 12.1 Å². The number of hydrogen-bond donors (Lipinski definition) is 2. The Bertz CT molecular complexity index is 577. The molecule has 0 amide bonds. The third-order valence-corrected chi connectivity index (χ3v) is 3.51. The van der Waals surface area contributed by atoms with Crippen molar-refractivity contribution < 1.29 is 5.11 Å². The average molecular weight is 254 g/mol. The molecule has 2 aromatic heterocycles. The summed E-state index contributed by atoms with van der Waals surface area (Å²) in [6.45, 7) is 1.97. The van der Waals surface area contributed by atoms with Crippen molar-refractivity contribution in [1.82, 2.24) is 19.6 Å². The van der Waals surface area contributed by atoms with Crippen molar-refractivity contribution in [3.8, 4) is 0 Å². The van der Waals surface area contributed by atoms with Gasteiger partial charge in [0.1, 0.15) is 17.3 Å². The number of nitrogens with one attached hydrogen (secondary N) is 1.